The van der Waals surface area contributed by atoms with Crippen LogP contribution in [0, 0.1) is 0 Å². The molecule has 1 amide bonds. The number of hydrogen-bond donors (Lipinski definition) is 2. The summed E-state index contributed by atoms with van der Waals surface area (Å²) in [6.45, 7) is 0. The Hall–Kier alpha value is -1.91. The lowest BCUT2D eigenvalue weighted by Crippen LogP contribution is -2.45. The van der Waals surface area contributed by atoms with Crippen molar-refractivity contribution in [3.8, 4) is 0 Å². The van der Waals surface area contributed by atoms with Crippen LogP contribution in [0.5, 0.6) is 0 Å². The Balaban J connectivity index is 1.97. The average molecular weight is 333 g/mol. The van der Waals surface area contributed by atoms with Crippen LogP contribution in [0.2, 0.25) is 5.02 Å². The Labute approximate surface area is 140 Å². The lowest BCUT2D eigenvalue weighted by atomic mass is 10.0. The van der Waals surface area contributed by atoms with Crippen molar-refractivity contribution >= 4 is 34.7 Å². The molecule has 3 nitrogen and oxygen atoms in total. The van der Waals surface area contributed by atoms with Crippen LogP contribution in [0.15, 0.2) is 54.6 Å². The SMILES string of the molecule is NC(=O)[C@H](Cc1ccccc1)NC(=S)Cc1ccc(Cl)cc1. The summed E-state index contributed by atoms with van der Waals surface area (Å²) < 4.78 is 0. The Morgan fingerprint density at radius 1 is 1.09 bits per heavy atom. The minimum atomic E-state index is -0.512. The molecule has 0 aliphatic rings. The van der Waals surface area contributed by atoms with Crippen molar-refractivity contribution < 1.29 is 4.79 Å². The number of primary amides is 1. The summed E-state index contributed by atoms with van der Waals surface area (Å²) in [6, 6.07) is 16.6. The van der Waals surface area contributed by atoms with Crippen molar-refractivity contribution in [2.24, 2.45) is 5.73 Å². The Kier molecular flexibility index (Phi) is 5.92. The fraction of sp³-hybridized carbons (Fsp3) is 0.176. The lowest BCUT2D eigenvalue weighted by Gasteiger charge is -2.17. The van der Waals surface area contributed by atoms with Crippen molar-refractivity contribution in [3.05, 3.63) is 70.7 Å². The van der Waals surface area contributed by atoms with Gasteiger partial charge in [-0.15, -0.1) is 0 Å². The summed E-state index contributed by atoms with van der Waals surface area (Å²) in [5.74, 6) is -0.415. The van der Waals surface area contributed by atoms with Crippen LogP contribution >= 0.6 is 23.8 Å². The Morgan fingerprint density at radius 2 is 1.73 bits per heavy atom. The van der Waals surface area contributed by atoms with Crippen LogP contribution in [0.1, 0.15) is 11.1 Å². The molecule has 0 unspecified atom stereocenters. The fourth-order valence-electron chi connectivity index (χ4n) is 2.11. The van der Waals surface area contributed by atoms with Gasteiger partial charge < -0.3 is 11.1 Å². The van der Waals surface area contributed by atoms with E-state index in [4.69, 9.17) is 29.6 Å². The van der Waals surface area contributed by atoms with E-state index in [0.717, 1.165) is 11.1 Å². The van der Waals surface area contributed by atoms with Crippen LogP contribution in [0.3, 0.4) is 0 Å². The topological polar surface area (TPSA) is 55.1 Å². The highest BCUT2D eigenvalue weighted by molar-refractivity contribution is 7.80. The van der Waals surface area contributed by atoms with Gasteiger partial charge in [0.25, 0.3) is 0 Å². The second-order valence-corrected chi connectivity index (χ2v) is 5.94. The smallest absolute Gasteiger partial charge is 0.240 e. The van der Waals surface area contributed by atoms with Gasteiger partial charge in [0.2, 0.25) is 5.91 Å². The van der Waals surface area contributed by atoms with E-state index in [0.29, 0.717) is 22.9 Å². The van der Waals surface area contributed by atoms with E-state index in [2.05, 4.69) is 5.32 Å². The van der Waals surface area contributed by atoms with E-state index >= 15 is 0 Å². The number of carbonyl (C=O) groups is 1. The van der Waals surface area contributed by atoms with Gasteiger partial charge in [0.15, 0.2) is 0 Å². The van der Waals surface area contributed by atoms with E-state index < -0.39 is 11.9 Å². The quantitative estimate of drug-likeness (QED) is 0.800. The first-order valence-corrected chi connectivity index (χ1v) is 7.70. The molecule has 0 heterocycles. The molecular weight excluding hydrogens is 316 g/mol. The normalized spacial score (nSPS) is 11.7. The minimum absolute atomic E-state index is 0.415. The van der Waals surface area contributed by atoms with Crippen LogP contribution in [-0.4, -0.2) is 16.9 Å². The molecule has 0 aliphatic carbocycles. The van der Waals surface area contributed by atoms with E-state index in [-0.39, 0.29) is 0 Å². The zero-order valence-corrected chi connectivity index (χ0v) is 13.5. The largest absolute Gasteiger partial charge is 0.368 e. The van der Waals surface area contributed by atoms with Crippen LogP contribution in [0.4, 0.5) is 0 Å². The van der Waals surface area contributed by atoms with Crippen molar-refractivity contribution in [3.63, 3.8) is 0 Å². The maximum atomic E-state index is 11.6. The highest BCUT2D eigenvalue weighted by atomic mass is 35.5. The molecule has 22 heavy (non-hydrogen) atoms. The summed E-state index contributed by atoms with van der Waals surface area (Å²) in [5.41, 5.74) is 7.54. The van der Waals surface area contributed by atoms with Crippen molar-refractivity contribution in [1.82, 2.24) is 5.32 Å². The number of benzene rings is 2. The second-order valence-electron chi connectivity index (χ2n) is 5.02. The number of nitrogens with one attached hydrogen (secondary N) is 1. The van der Waals surface area contributed by atoms with Gasteiger partial charge in [-0.3, -0.25) is 4.79 Å². The average Bonchev–Trinajstić information content (AvgIpc) is 2.50. The molecule has 0 aromatic heterocycles. The zero-order valence-electron chi connectivity index (χ0n) is 12.0. The van der Waals surface area contributed by atoms with Gasteiger partial charge in [-0.1, -0.05) is 66.3 Å². The molecule has 0 aliphatic heterocycles. The maximum Gasteiger partial charge on any atom is 0.240 e. The molecule has 0 saturated heterocycles. The molecule has 2 rings (SSSR count). The second kappa shape index (κ2) is 7.92. The summed E-state index contributed by atoms with van der Waals surface area (Å²) in [5, 5.41) is 3.73. The third-order valence-corrected chi connectivity index (χ3v) is 3.75. The number of nitrogens with two attached hydrogens (primary N) is 1. The number of carbonyl (C=O) groups excluding carboxylic acids is 1. The summed E-state index contributed by atoms with van der Waals surface area (Å²) in [4.78, 5) is 12.2. The molecule has 0 saturated carbocycles. The van der Waals surface area contributed by atoms with Gasteiger partial charge in [-0.25, -0.2) is 0 Å². The Morgan fingerprint density at radius 3 is 2.32 bits per heavy atom. The molecule has 114 valence electrons. The van der Waals surface area contributed by atoms with Gasteiger partial charge in [0.1, 0.15) is 6.04 Å². The molecule has 5 heteroatoms. The van der Waals surface area contributed by atoms with E-state index in [1.165, 1.54) is 0 Å². The molecule has 2 aromatic rings. The number of thiocarbonyl (C=S) groups is 1. The maximum absolute atomic E-state index is 11.6. The van der Waals surface area contributed by atoms with Gasteiger partial charge >= 0.3 is 0 Å². The lowest BCUT2D eigenvalue weighted by molar-refractivity contribution is -0.119. The molecule has 2 aromatic carbocycles. The number of hydrogen-bond acceptors (Lipinski definition) is 2. The van der Waals surface area contributed by atoms with Crippen LogP contribution in [0.25, 0.3) is 0 Å². The molecule has 3 N–H and O–H groups in total. The minimum Gasteiger partial charge on any atom is -0.368 e. The monoisotopic (exact) mass is 332 g/mol. The van der Waals surface area contributed by atoms with E-state index in [1.54, 1.807) is 0 Å². The standard InChI is InChI=1S/C17H17ClN2OS/c18-14-8-6-13(7-9-14)11-16(22)20-15(17(19)21)10-12-4-2-1-3-5-12/h1-9,15H,10-11H2,(H2,19,21)(H,20,22)/t15-/m0/s1. The van der Waals surface area contributed by atoms with Gasteiger partial charge in [0, 0.05) is 17.9 Å². The number of halogens is 1. The van der Waals surface area contributed by atoms with E-state index in [1.807, 2.05) is 54.6 Å². The highest BCUT2D eigenvalue weighted by Gasteiger charge is 2.17. The van der Waals surface area contributed by atoms with Crippen LogP contribution < -0.4 is 11.1 Å². The zero-order chi connectivity index (χ0) is 15.9. The van der Waals surface area contributed by atoms with Crippen molar-refractivity contribution in [2.45, 2.75) is 18.9 Å². The van der Waals surface area contributed by atoms with E-state index in [9.17, 15) is 4.79 Å². The predicted octanol–water partition coefficient (Wildman–Crippen LogP) is 2.90. The third kappa shape index (κ3) is 5.13. The summed E-state index contributed by atoms with van der Waals surface area (Å²) in [6.07, 6.45) is 1.06. The van der Waals surface area contributed by atoms with Crippen LogP contribution in [-0.2, 0) is 17.6 Å². The molecule has 0 radical (unpaired) electrons. The van der Waals surface area contributed by atoms with Crippen molar-refractivity contribution in [2.75, 3.05) is 0 Å². The highest BCUT2D eigenvalue weighted by Crippen LogP contribution is 2.10. The third-order valence-electron chi connectivity index (χ3n) is 3.24. The molecular formula is C17H17ClN2OS. The predicted molar refractivity (Wildman–Crippen MR) is 94.0 cm³/mol. The van der Waals surface area contributed by atoms with Gasteiger partial charge in [-0.2, -0.15) is 0 Å². The van der Waals surface area contributed by atoms with Crippen molar-refractivity contribution in [1.29, 1.82) is 0 Å². The first kappa shape index (κ1) is 16.5. The summed E-state index contributed by atoms with van der Waals surface area (Å²) in [7, 11) is 0. The van der Waals surface area contributed by atoms with Gasteiger partial charge in [-0.05, 0) is 23.3 Å². The van der Waals surface area contributed by atoms with Gasteiger partial charge in [0.05, 0.1) is 4.99 Å². The molecule has 0 spiro atoms. The first-order valence-electron chi connectivity index (χ1n) is 6.91. The molecule has 0 fully saturated rings. The molecule has 1 atom stereocenters. The fourth-order valence-corrected chi connectivity index (χ4v) is 2.54. The number of rotatable bonds is 6. The molecule has 0 bridgehead atoms. The Bertz CT molecular complexity index is 643. The summed E-state index contributed by atoms with van der Waals surface area (Å²) >= 11 is 11.2. The first-order chi connectivity index (χ1) is 10.5. The number of amides is 1.